The second kappa shape index (κ2) is 5.68. The zero-order chi connectivity index (χ0) is 16.6. The first-order valence-corrected chi connectivity index (χ1v) is 7.41. The van der Waals surface area contributed by atoms with Crippen LogP contribution < -0.4 is 10.2 Å². The van der Waals surface area contributed by atoms with Crippen molar-refractivity contribution in [1.29, 1.82) is 0 Å². The second-order valence-corrected chi connectivity index (χ2v) is 5.39. The third kappa shape index (κ3) is 2.50. The Morgan fingerprint density at radius 1 is 1.04 bits per heavy atom. The number of hydrogen-bond donors (Lipinski definition) is 1. The number of hydrogen-bond acceptors (Lipinski definition) is 3. The fraction of sp³-hybridized carbons (Fsp3) is 0.167. The van der Waals surface area contributed by atoms with Gasteiger partial charge in [0, 0.05) is 12.1 Å². The Hall–Kier alpha value is -2.95. The maximum Gasteiger partial charge on any atom is 0.266 e. The number of benzene rings is 2. The molecule has 0 radical (unpaired) electrons. The first kappa shape index (κ1) is 15.0. The van der Waals surface area contributed by atoms with Gasteiger partial charge in [-0.3, -0.25) is 14.4 Å². The quantitative estimate of drug-likeness (QED) is 0.886. The number of fused-ring (bicyclic) bond motifs is 1. The lowest BCUT2D eigenvalue weighted by Crippen LogP contribution is -2.29. The summed E-state index contributed by atoms with van der Waals surface area (Å²) in [6.07, 6.45) is 0.358. The predicted molar refractivity (Wildman–Crippen MR) is 87.7 cm³/mol. The number of nitrogens with one attached hydrogen (secondary N) is 1. The molecule has 3 amide bonds. The SMILES string of the molecule is CCC(=O)Nc1cc(N2C(=O)c3ccccc3C2=O)ccc1C. The molecule has 0 spiro atoms. The Labute approximate surface area is 133 Å². The molecule has 0 aliphatic carbocycles. The van der Waals surface area contributed by atoms with Crippen LogP contribution in [0, 0.1) is 6.92 Å². The fourth-order valence-electron chi connectivity index (χ4n) is 2.55. The number of carbonyl (C=O) groups is 3. The van der Waals surface area contributed by atoms with Crippen molar-refractivity contribution in [3.05, 3.63) is 59.2 Å². The summed E-state index contributed by atoms with van der Waals surface area (Å²) in [5.41, 5.74) is 2.72. The van der Waals surface area contributed by atoms with E-state index in [9.17, 15) is 14.4 Å². The first-order valence-electron chi connectivity index (χ1n) is 7.41. The van der Waals surface area contributed by atoms with E-state index < -0.39 is 0 Å². The smallest absolute Gasteiger partial charge is 0.266 e. The minimum Gasteiger partial charge on any atom is -0.326 e. The van der Waals surface area contributed by atoms with Crippen LogP contribution in [-0.4, -0.2) is 17.7 Å². The Bertz CT molecular complexity index is 792. The van der Waals surface area contributed by atoms with E-state index in [0.29, 0.717) is 28.9 Å². The van der Waals surface area contributed by atoms with Crippen LogP contribution in [0.1, 0.15) is 39.6 Å². The highest BCUT2D eigenvalue weighted by Gasteiger charge is 2.36. The molecule has 23 heavy (non-hydrogen) atoms. The van der Waals surface area contributed by atoms with Crippen LogP contribution in [0.2, 0.25) is 0 Å². The highest BCUT2D eigenvalue weighted by atomic mass is 16.2. The molecular weight excluding hydrogens is 292 g/mol. The third-order valence-corrected chi connectivity index (χ3v) is 3.87. The molecule has 2 aromatic rings. The molecule has 1 aliphatic rings. The first-order chi connectivity index (χ1) is 11.0. The van der Waals surface area contributed by atoms with Crippen LogP contribution in [-0.2, 0) is 4.79 Å². The summed E-state index contributed by atoms with van der Waals surface area (Å²) >= 11 is 0. The van der Waals surface area contributed by atoms with E-state index in [1.54, 1.807) is 49.4 Å². The summed E-state index contributed by atoms with van der Waals surface area (Å²) in [6, 6.07) is 11.9. The number of amides is 3. The minimum atomic E-state index is -0.345. The van der Waals surface area contributed by atoms with Crippen molar-refractivity contribution in [1.82, 2.24) is 0 Å². The molecule has 0 unspecified atom stereocenters. The Morgan fingerprint density at radius 3 is 2.22 bits per heavy atom. The summed E-state index contributed by atoms with van der Waals surface area (Å²) < 4.78 is 0. The molecule has 1 heterocycles. The van der Waals surface area contributed by atoms with E-state index >= 15 is 0 Å². The van der Waals surface area contributed by atoms with Gasteiger partial charge in [0.1, 0.15) is 0 Å². The van der Waals surface area contributed by atoms with E-state index in [4.69, 9.17) is 0 Å². The average Bonchev–Trinajstić information content (AvgIpc) is 2.81. The minimum absolute atomic E-state index is 0.118. The maximum atomic E-state index is 12.5. The van der Waals surface area contributed by atoms with Gasteiger partial charge in [-0.25, -0.2) is 4.90 Å². The van der Waals surface area contributed by atoms with Crippen LogP contribution >= 0.6 is 0 Å². The fourth-order valence-corrected chi connectivity index (χ4v) is 2.55. The van der Waals surface area contributed by atoms with Crippen LogP contribution in [0.3, 0.4) is 0 Å². The molecule has 0 saturated heterocycles. The van der Waals surface area contributed by atoms with Crippen molar-refractivity contribution in [2.45, 2.75) is 20.3 Å². The van der Waals surface area contributed by atoms with Gasteiger partial charge in [0.05, 0.1) is 16.8 Å². The maximum absolute atomic E-state index is 12.5. The van der Waals surface area contributed by atoms with Gasteiger partial charge >= 0.3 is 0 Å². The van der Waals surface area contributed by atoms with Crippen LogP contribution in [0.15, 0.2) is 42.5 Å². The molecule has 5 heteroatoms. The highest BCUT2D eigenvalue weighted by Crippen LogP contribution is 2.31. The van der Waals surface area contributed by atoms with E-state index in [0.717, 1.165) is 10.5 Å². The number of aryl methyl sites for hydroxylation is 1. The lowest BCUT2D eigenvalue weighted by Gasteiger charge is -2.16. The second-order valence-electron chi connectivity index (χ2n) is 5.39. The van der Waals surface area contributed by atoms with Crippen molar-refractivity contribution >= 4 is 29.1 Å². The highest BCUT2D eigenvalue weighted by molar-refractivity contribution is 6.34. The number of anilines is 2. The van der Waals surface area contributed by atoms with Crippen molar-refractivity contribution in [3.63, 3.8) is 0 Å². The molecule has 0 atom stereocenters. The number of rotatable bonds is 3. The molecule has 0 fully saturated rings. The third-order valence-electron chi connectivity index (χ3n) is 3.87. The molecular formula is C18H16N2O3. The molecule has 1 aliphatic heterocycles. The van der Waals surface area contributed by atoms with Crippen molar-refractivity contribution in [2.75, 3.05) is 10.2 Å². The predicted octanol–water partition coefficient (Wildman–Crippen LogP) is 3.14. The standard InChI is InChI=1S/C18H16N2O3/c1-3-16(21)19-15-10-12(9-8-11(15)2)20-17(22)13-6-4-5-7-14(13)18(20)23/h4-10H,3H2,1-2H3,(H,19,21). The average molecular weight is 308 g/mol. The molecule has 0 bridgehead atoms. The monoisotopic (exact) mass is 308 g/mol. The van der Waals surface area contributed by atoms with Gasteiger partial charge in [-0.05, 0) is 36.8 Å². The lowest BCUT2D eigenvalue weighted by molar-refractivity contribution is -0.115. The molecule has 116 valence electrons. The van der Waals surface area contributed by atoms with Crippen LogP contribution in [0.5, 0.6) is 0 Å². The van der Waals surface area contributed by atoms with Crippen LogP contribution in [0.4, 0.5) is 11.4 Å². The number of carbonyl (C=O) groups excluding carboxylic acids is 3. The van der Waals surface area contributed by atoms with E-state index in [2.05, 4.69) is 5.32 Å². The summed E-state index contributed by atoms with van der Waals surface area (Å²) in [5.74, 6) is -0.808. The summed E-state index contributed by atoms with van der Waals surface area (Å²) in [4.78, 5) is 37.8. The van der Waals surface area contributed by atoms with Crippen LogP contribution in [0.25, 0.3) is 0 Å². The summed E-state index contributed by atoms with van der Waals surface area (Å²) in [6.45, 7) is 3.62. The van der Waals surface area contributed by atoms with E-state index in [-0.39, 0.29) is 17.7 Å². The van der Waals surface area contributed by atoms with Gasteiger partial charge in [0.15, 0.2) is 0 Å². The Morgan fingerprint density at radius 2 is 1.65 bits per heavy atom. The topological polar surface area (TPSA) is 66.5 Å². The van der Waals surface area contributed by atoms with E-state index in [1.165, 1.54) is 0 Å². The lowest BCUT2D eigenvalue weighted by atomic mass is 10.1. The van der Waals surface area contributed by atoms with Gasteiger partial charge in [-0.2, -0.15) is 0 Å². The normalized spacial score (nSPS) is 13.2. The van der Waals surface area contributed by atoms with Gasteiger partial charge in [0.2, 0.25) is 5.91 Å². The van der Waals surface area contributed by atoms with Gasteiger partial charge in [0.25, 0.3) is 11.8 Å². The molecule has 5 nitrogen and oxygen atoms in total. The zero-order valence-electron chi connectivity index (χ0n) is 12.9. The summed E-state index contributed by atoms with van der Waals surface area (Å²) in [7, 11) is 0. The van der Waals surface area contributed by atoms with Gasteiger partial charge in [-0.1, -0.05) is 25.1 Å². The molecule has 0 saturated carbocycles. The molecule has 1 N–H and O–H groups in total. The van der Waals surface area contributed by atoms with Crippen molar-refractivity contribution < 1.29 is 14.4 Å². The number of nitrogens with zero attached hydrogens (tertiary/aromatic N) is 1. The Kier molecular flexibility index (Phi) is 3.70. The molecule has 3 rings (SSSR count). The number of imide groups is 1. The Balaban J connectivity index is 2.00. The largest absolute Gasteiger partial charge is 0.326 e. The van der Waals surface area contributed by atoms with Gasteiger partial charge in [-0.15, -0.1) is 0 Å². The van der Waals surface area contributed by atoms with Gasteiger partial charge < -0.3 is 5.32 Å². The molecule has 0 aromatic heterocycles. The zero-order valence-corrected chi connectivity index (χ0v) is 12.9. The molecule has 2 aromatic carbocycles. The summed E-state index contributed by atoms with van der Waals surface area (Å²) in [5, 5.41) is 2.79. The van der Waals surface area contributed by atoms with Crippen molar-refractivity contribution in [2.24, 2.45) is 0 Å². The van der Waals surface area contributed by atoms with Crippen molar-refractivity contribution in [3.8, 4) is 0 Å². The van der Waals surface area contributed by atoms with E-state index in [1.807, 2.05) is 6.92 Å².